The summed E-state index contributed by atoms with van der Waals surface area (Å²) in [6.45, 7) is 2.09. The van der Waals surface area contributed by atoms with Crippen LogP contribution in [0.4, 0.5) is 0 Å². The number of benzene rings is 1. The van der Waals surface area contributed by atoms with Crippen LogP contribution in [0.25, 0.3) is 0 Å². The van der Waals surface area contributed by atoms with Crippen molar-refractivity contribution in [1.82, 2.24) is 0 Å². The number of nitrogens with zero attached hydrogens (tertiary/aromatic N) is 1. The first-order valence-electron chi connectivity index (χ1n) is 5.51. The normalized spacial score (nSPS) is 11.6. The molecule has 0 spiro atoms. The second kappa shape index (κ2) is 6.66. The second-order valence-electron chi connectivity index (χ2n) is 3.60. The highest BCUT2D eigenvalue weighted by Crippen LogP contribution is 2.19. The van der Waals surface area contributed by atoms with Crippen LogP contribution < -0.4 is 0 Å². The molecule has 4 nitrogen and oxygen atoms in total. The molecule has 0 saturated heterocycles. The molecule has 1 aromatic rings. The summed E-state index contributed by atoms with van der Waals surface area (Å²) in [5, 5.41) is 18.6. The number of esters is 1. The summed E-state index contributed by atoms with van der Waals surface area (Å²) in [5.74, 6) is -0.317. The SMILES string of the molecule is CCOC(=O)CCC(O)c1cccc(C#N)c1. The standard InChI is InChI=1S/C13H15NO3/c1-2-17-13(16)7-6-12(15)11-5-3-4-10(8-11)9-14/h3-5,8,12,15H,2,6-7H2,1H3. The molecule has 90 valence electrons. The first-order chi connectivity index (χ1) is 8.17. The molecule has 0 heterocycles. The molecular weight excluding hydrogens is 218 g/mol. The molecule has 17 heavy (non-hydrogen) atoms. The van der Waals surface area contributed by atoms with Crippen molar-refractivity contribution < 1.29 is 14.6 Å². The fourth-order valence-electron chi connectivity index (χ4n) is 1.47. The Morgan fingerprint density at radius 1 is 1.59 bits per heavy atom. The summed E-state index contributed by atoms with van der Waals surface area (Å²) in [7, 11) is 0. The summed E-state index contributed by atoms with van der Waals surface area (Å²) < 4.78 is 4.77. The molecule has 0 bridgehead atoms. The zero-order valence-corrected chi connectivity index (χ0v) is 9.72. The number of hydrogen-bond donors (Lipinski definition) is 1. The third-order valence-electron chi connectivity index (χ3n) is 2.33. The van der Waals surface area contributed by atoms with Gasteiger partial charge in [-0.3, -0.25) is 4.79 Å². The van der Waals surface area contributed by atoms with Crippen LogP contribution in [-0.2, 0) is 9.53 Å². The molecule has 0 fully saturated rings. The van der Waals surface area contributed by atoms with Crippen molar-refractivity contribution in [3.8, 4) is 6.07 Å². The second-order valence-corrected chi connectivity index (χ2v) is 3.60. The lowest BCUT2D eigenvalue weighted by molar-refractivity contribution is -0.143. The monoisotopic (exact) mass is 233 g/mol. The Morgan fingerprint density at radius 2 is 2.35 bits per heavy atom. The molecule has 0 amide bonds. The van der Waals surface area contributed by atoms with E-state index in [1.807, 2.05) is 6.07 Å². The smallest absolute Gasteiger partial charge is 0.305 e. The molecule has 0 radical (unpaired) electrons. The van der Waals surface area contributed by atoms with Crippen LogP contribution in [0.5, 0.6) is 0 Å². The average molecular weight is 233 g/mol. The van der Waals surface area contributed by atoms with Crippen LogP contribution >= 0.6 is 0 Å². The number of rotatable bonds is 5. The third-order valence-corrected chi connectivity index (χ3v) is 2.33. The molecule has 0 aromatic heterocycles. The van der Waals surface area contributed by atoms with Gasteiger partial charge in [0.05, 0.1) is 24.3 Å². The van der Waals surface area contributed by atoms with E-state index in [0.29, 0.717) is 24.2 Å². The molecular formula is C13H15NO3. The van der Waals surface area contributed by atoms with E-state index < -0.39 is 6.10 Å². The Bertz CT molecular complexity index is 423. The van der Waals surface area contributed by atoms with Crippen LogP contribution in [0.2, 0.25) is 0 Å². The van der Waals surface area contributed by atoms with E-state index in [2.05, 4.69) is 0 Å². The van der Waals surface area contributed by atoms with Crippen molar-refractivity contribution in [2.75, 3.05) is 6.61 Å². The number of aliphatic hydroxyl groups is 1. The predicted octanol–water partition coefficient (Wildman–Crippen LogP) is 1.93. The van der Waals surface area contributed by atoms with Crippen LogP contribution in [0.1, 0.15) is 37.0 Å². The largest absolute Gasteiger partial charge is 0.466 e. The molecule has 1 unspecified atom stereocenters. The van der Waals surface area contributed by atoms with E-state index in [1.54, 1.807) is 31.2 Å². The summed E-state index contributed by atoms with van der Waals surface area (Å²) >= 11 is 0. The van der Waals surface area contributed by atoms with Crippen molar-refractivity contribution >= 4 is 5.97 Å². The van der Waals surface area contributed by atoms with Crippen molar-refractivity contribution in [3.63, 3.8) is 0 Å². The average Bonchev–Trinajstić information content (AvgIpc) is 2.36. The minimum Gasteiger partial charge on any atom is -0.466 e. The molecule has 4 heteroatoms. The highest BCUT2D eigenvalue weighted by Gasteiger charge is 2.11. The Balaban J connectivity index is 2.55. The summed E-state index contributed by atoms with van der Waals surface area (Å²) in [6, 6.07) is 8.74. The number of carbonyl (C=O) groups is 1. The first-order valence-corrected chi connectivity index (χ1v) is 5.51. The van der Waals surface area contributed by atoms with Gasteiger partial charge in [0.25, 0.3) is 0 Å². The van der Waals surface area contributed by atoms with Crippen molar-refractivity contribution in [2.24, 2.45) is 0 Å². The van der Waals surface area contributed by atoms with Gasteiger partial charge in [-0.05, 0) is 31.0 Å². The zero-order chi connectivity index (χ0) is 12.7. The van der Waals surface area contributed by atoms with Crippen LogP contribution in [0.15, 0.2) is 24.3 Å². The number of carbonyl (C=O) groups excluding carboxylic acids is 1. The molecule has 0 aliphatic heterocycles. The van der Waals surface area contributed by atoms with Gasteiger partial charge in [0, 0.05) is 6.42 Å². The minimum atomic E-state index is -0.743. The van der Waals surface area contributed by atoms with E-state index in [9.17, 15) is 9.90 Å². The van der Waals surface area contributed by atoms with Gasteiger partial charge >= 0.3 is 5.97 Å². The summed E-state index contributed by atoms with van der Waals surface area (Å²) in [6.07, 6.45) is -0.271. The molecule has 1 atom stereocenters. The highest BCUT2D eigenvalue weighted by molar-refractivity contribution is 5.69. The van der Waals surface area contributed by atoms with Crippen LogP contribution in [-0.4, -0.2) is 17.7 Å². The maximum absolute atomic E-state index is 11.1. The molecule has 1 rings (SSSR count). The van der Waals surface area contributed by atoms with Gasteiger partial charge in [0.2, 0.25) is 0 Å². The van der Waals surface area contributed by atoms with Gasteiger partial charge in [-0.25, -0.2) is 0 Å². The Labute approximate surface area is 100 Å². The number of aliphatic hydroxyl groups excluding tert-OH is 1. The van der Waals surface area contributed by atoms with E-state index in [0.717, 1.165) is 0 Å². The third kappa shape index (κ3) is 4.25. The van der Waals surface area contributed by atoms with Crippen molar-refractivity contribution in [3.05, 3.63) is 35.4 Å². The summed E-state index contributed by atoms with van der Waals surface area (Å²) in [4.78, 5) is 11.1. The zero-order valence-electron chi connectivity index (χ0n) is 9.72. The molecule has 1 aromatic carbocycles. The Hall–Kier alpha value is -1.86. The fourth-order valence-corrected chi connectivity index (χ4v) is 1.47. The number of hydrogen-bond acceptors (Lipinski definition) is 4. The van der Waals surface area contributed by atoms with E-state index in [4.69, 9.17) is 10.00 Å². The first kappa shape index (κ1) is 13.2. The van der Waals surface area contributed by atoms with Crippen molar-refractivity contribution in [2.45, 2.75) is 25.9 Å². The topological polar surface area (TPSA) is 70.3 Å². The fraction of sp³-hybridized carbons (Fsp3) is 0.385. The molecule has 0 aliphatic rings. The number of nitriles is 1. The quantitative estimate of drug-likeness (QED) is 0.789. The van der Waals surface area contributed by atoms with Crippen LogP contribution in [0, 0.1) is 11.3 Å². The van der Waals surface area contributed by atoms with Crippen molar-refractivity contribution in [1.29, 1.82) is 5.26 Å². The van der Waals surface area contributed by atoms with E-state index in [1.165, 1.54) is 0 Å². The van der Waals surface area contributed by atoms with Gasteiger partial charge in [0.1, 0.15) is 0 Å². The number of ether oxygens (including phenoxy) is 1. The predicted molar refractivity (Wildman–Crippen MR) is 62.0 cm³/mol. The maximum Gasteiger partial charge on any atom is 0.305 e. The van der Waals surface area contributed by atoms with E-state index >= 15 is 0 Å². The molecule has 0 aliphatic carbocycles. The lowest BCUT2D eigenvalue weighted by Crippen LogP contribution is -2.07. The lowest BCUT2D eigenvalue weighted by atomic mass is 10.0. The van der Waals surface area contributed by atoms with Gasteiger partial charge in [-0.15, -0.1) is 0 Å². The highest BCUT2D eigenvalue weighted by atomic mass is 16.5. The van der Waals surface area contributed by atoms with Gasteiger partial charge < -0.3 is 9.84 Å². The van der Waals surface area contributed by atoms with Gasteiger partial charge in [-0.1, -0.05) is 12.1 Å². The molecule has 1 N–H and O–H groups in total. The Morgan fingerprint density at radius 3 is 3.00 bits per heavy atom. The minimum absolute atomic E-state index is 0.172. The molecule has 0 saturated carbocycles. The van der Waals surface area contributed by atoms with Crippen LogP contribution in [0.3, 0.4) is 0 Å². The maximum atomic E-state index is 11.1. The summed E-state index contributed by atoms with van der Waals surface area (Å²) in [5.41, 5.74) is 1.14. The van der Waals surface area contributed by atoms with E-state index in [-0.39, 0.29) is 12.4 Å². The van der Waals surface area contributed by atoms with Gasteiger partial charge in [0.15, 0.2) is 0 Å². The lowest BCUT2D eigenvalue weighted by Gasteiger charge is -2.10. The van der Waals surface area contributed by atoms with Gasteiger partial charge in [-0.2, -0.15) is 5.26 Å². The Kier molecular flexibility index (Phi) is 5.18.